The van der Waals surface area contributed by atoms with Gasteiger partial charge in [0.2, 0.25) is 6.10 Å². The van der Waals surface area contributed by atoms with E-state index < -0.39 is 12.3 Å². The summed E-state index contributed by atoms with van der Waals surface area (Å²) in [5.74, 6) is 6.50. The van der Waals surface area contributed by atoms with E-state index in [-0.39, 0.29) is 5.75 Å². The maximum absolute atomic E-state index is 12.9. The molecule has 2 aromatic carbocycles. The molecule has 128 valence electrons. The number of fused-ring (bicyclic) bond motifs is 1. The van der Waals surface area contributed by atoms with Gasteiger partial charge in [-0.25, -0.2) is 0 Å². The number of benzene rings is 2. The fraction of sp³-hybridized carbons (Fsp3) is 0.158. The first-order valence-electron chi connectivity index (χ1n) is 7.28. The molecule has 0 fully saturated rings. The lowest BCUT2D eigenvalue weighted by atomic mass is 10.0. The first kappa shape index (κ1) is 17.2. The highest BCUT2D eigenvalue weighted by Crippen LogP contribution is 2.37. The normalized spacial score (nSPS) is 15.6. The molecule has 0 aromatic heterocycles. The Labute approximate surface area is 147 Å². The molecule has 0 amide bonds. The number of methoxy groups -OCH3 is 1. The number of rotatable bonds is 1. The van der Waals surface area contributed by atoms with Crippen molar-refractivity contribution >= 4 is 17.7 Å². The highest BCUT2D eigenvalue weighted by molar-refractivity contribution is 6.31. The standard InChI is InChI=1S/C19H12ClF3O2/c1-24-16-7-3-12(4-8-16)2-5-13-10-15(20)11-14-6-9-17(19(21,22)23)25-18(13)14/h3-4,6-11,17H,1H3. The van der Waals surface area contributed by atoms with Crippen molar-refractivity contribution in [2.75, 3.05) is 7.11 Å². The highest BCUT2D eigenvalue weighted by Gasteiger charge is 2.41. The Morgan fingerprint density at radius 1 is 1.12 bits per heavy atom. The summed E-state index contributed by atoms with van der Waals surface area (Å²) in [7, 11) is 1.56. The van der Waals surface area contributed by atoms with Crippen LogP contribution in [0.2, 0.25) is 5.02 Å². The number of ether oxygens (including phenoxy) is 2. The van der Waals surface area contributed by atoms with Crippen molar-refractivity contribution in [3.05, 3.63) is 64.2 Å². The summed E-state index contributed by atoms with van der Waals surface area (Å²) in [6.45, 7) is 0. The molecule has 0 saturated heterocycles. The van der Waals surface area contributed by atoms with Crippen molar-refractivity contribution in [3.63, 3.8) is 0 Å². The van der Waals surface area contributed by atoms with Crippen LogP contribution in [0.15, 0.2) is 42.5 Å². The van der Waals surface area contributed by atoms with Crippen molar-refractivity contribution in [2.45, 2.75) is 12.3 Å². The van der Waals surface area contributed by atoms with Gasteiger partial charge in [0.25, 0.3) is 0 Å². The zero-order chi connectivity index (χ0) is 18.0. The molecule has 1 heterocycles. The largest absolute Gasteiger partial charge is 0.497 e. The maximum Gasteiger partial charge on any atom is 0.429 e. The lowest BCUT2D eigenvalue weighted by Gasteiger charge is -2.24. The summed E-state index contributed by atoms with van der Waals surface area (Å²) >= 11 is 6.03. The van der Waals surface area contributed by atoms with E-state index in [1.165, 1.54) is 12.1 Å². The van der Waals surface area contributed by atoms with Gasteiger partial charge >= 0.3 is 6.18 Å². The molecule has 1 atom stereocenters. The van der Waals surface area contributed by atoms with Gasteiger partial charge in [0, 0.05) is 16.1 Å². The van der Waals surface area contributed by atoms with Gasteiger partial charge in [-0.05, 0) is 42.5 Å². The molecule has 0 saturated carbocycles. The molecule has 0 radical (unpaired) electrons. The van der Waals surface area contributed by atoms with Crippen LogP contribution >= 0.6 is 11.6 Å². The summed E-state index contributed by atoms with van der Waals surface area (Å²) in [5, 5.41) is 0.372. The molecular formula is C19H12ClF3O2. The van der Waals surface area contributed by atoms with Crippen LogP contribution in [0.3, 0.4) is 0 Å². The lowest BCUT2D eigenvalue weighted by molar-refractivity contribution is -0.180. The molecule has 25 heavy (non-hydrogen) atoms. The zero-order valence-corrected chi connectivity index (χ0v) is 13.8. The summed E-state index contributed by atoms with van der Waals surface area (Å²) in [4.78, 5) is 0. The third-order valence-corrected chi connectivity index (χ3v) is 3.75. The molecule has 0 aliphatic carbocycles. The number of alkyl halides is 3. The second-order valence-corrected chi connectivity index (χ2v) is 5.73. The molecule has 6 heteroatoms. The Morgan fingerprint density at radius 3 is 2.48 bits per heavy atom. The molecule has 1 unspecified atom stereocenters. The predicted molar refractivity (Wildman–Crippen MR) is 89.9 cm³/mol. The Hall–Kier alpha value is -2.58. The molecule has 2 nitrogen and oxygen atoms in total. The van der Waals surface area contributed by atoms with Crippen LogP contribution in [0.5, 0.6) is 11.5 Å². The first-order valence-corrected chi connectivity index (χ1v) is 7.66. The van der Waals surface area contributed by atoms with Crippen LogP contribution in [-0.4, -0.2) is 19.4 Å². The Kier molecular flexibility index (Phi) is 4.65. The van der Waals surface area contributed by atoms with Gasteiger partial charge in [-0.1, -0.05) is 29.5 Å². The second kappa shape index (κ2) is 6.73. The summed E-state index contributed by atoms with van der Waals surface area (Å²) in [6, 6.07) is 10.0. The number of halogens is 4. The van der Waals surface area contributed by atoms with Gasteiger partial charge in [-0.2, -0.15) is 13.2 Å². The minimum absolute atomic E-state index is 0.0789. The molecule has 0 N–H and O–H groups in total. The van der Waals surface area contributed by atoms with Gasteiger partial charge in [0.05, 0.1) is 12.7 Å². The fourth-order valence-electron chi connectivity index (χ4n) is 2.31. The van der Waals surface area contributed by atoms with E-state index in [2.05, 4.69) is 11.8 Å². The van der Waals surface area contributed by atoms with Gasteiger partial charge in [-0.15, -0.1) is 0 Å². The molecule has 1 aliphatic rings. The van der Waals surface area contributed by atoms with Crippen molar-refractivity contribution in [3.8, 4) is 23.3 Å². The molecule has 1 aliphatic heterocycles. The third-order valence-electron chi connectivity index (χ3n) is 3.53. The van der Waals surface area contributed by atoms with Crippen LogP contribution in [0.4, 0.5) is 13.2 Å². The first-order chi connectivity index (χ1) is 11.9. The second-order valence-electron chi connectivity index (χ2n) is 5.29. The van der Waals surface area contributed by atoms with Crippen LogP contribution in [0.1, 0.15) is 16.7 Å². The zero-order valence-electron chi connectivity index (χ0n) is 13.0. The minimum atomic E-state index is -4.49. The van der Waals surface area contributed by atoms with Crippen LogP contribution in [0.25, 0.3) is 6.08 Å². The number of hydrogen-bond acceptors (Lipinski definition) is 2. The topological polar surface area (TPSA) is 18.5 Å². The van der Waals surface area contributed by atoms with Crippen molar-refractivity contribution in [2.24, 2.45) is 0 Å². The molecular weight excluding hydrogens is 353 g/mol. The average Bonchev–Trinajstić information content (AvgIpc) is 2.58. The Balaban J connectivity index is 1.97. The van der Waals surface area contributed by atoms with E-state index >= 15 is 0 Å². The average molecular weight is 365 g/mol. The van der Waals surface area contributed by atoms with E-state index in [4.69, 9.17) is 21.1 Å². The third kappa shape index (κ3) is 3.92. The molecule has 0 bridgehead atoms. The molecule has 0 spiro atoms. The highest BCUT2D eigenvalue weighted by atomic mass is 35.5. The molecule has 2 aromatic rings. The summed E-state index contributed by atoms with van der Waals surface area (Å²) in [6.07, 6.45) is -4.18. The van der Waals surface area contributed by atoms with E-state index in [9.17, 15) is 13.2 Å². The van der Waals surface area contributed by atoms with E-state index in [1.807, 2.05) is 0 Å². The van der Waals surface area contributed by atoms with E-state index in [1.54, 1.807) is 37.4 Å². The fourth-order valence-corrected chi connectivity index (χ4v) is 2.54. The predicted octanol–water partition coefficient (Wildman–Crippen LogP) is 5.08. The Bertz CT molecular complexity index is 875. The van der Waals surface area contributed by atoms with Crippen LogP contribution in [0, 0.1) is 11.8 Å². The van der Waals surface area contributed by atoms with Crippen molar-refractivity contribution < 1.29 is 22.6 Å². The molecule has 3 rings (SSSR count). The SMILES string of the molecule is COc1ccc(C#Cc2cc(Cl)cc3c2OC(C(F)(F)F)C=C3)cc1. The minimum Gasteiger partial charge on any atom is -0.497 e. The summed E-state index contributed by atoms with van der Waals surface area (Å²) in [5.41, 5.74) is 1.46. The Morgan fingerprint density at radius 2 is 1.84 bits per heavy atom. The van der Waals surface area contributed by atoms with Crippen LogP contribution < -0.4 is 9.47 Å². The van der Waals surface area contributed by atoms with Gasteiger partial charge in [0.1, 0.15) is 11.5 Å². The van der Waals surface area contributed by atoms with Crippen LogP contribution in [-0.2, 0) is 0 Å². The van der Waals surface area contributed by atoms with Crippen molar-refractivity contribution in [1.82, 2.24) is 0 Å². The maximum atomic E-state index is 12.9. The van der Waals surface area contributed by atoms with Gasteiger partial charge < -0.3 is 9.47 Å². The number of hydrogen-bond donors (Lipinski definition) is 0. The van der Waals surface area contributed by atoms with Gasteiger partial charge in [-0.3, -0.25) is 0 Å². The quantitative estimate of drug-likeness (QED) is 0.657. The monoisotopic (exact) mass is 364 g/mol. The van der Waals surface area contributed by atoms with E-state index in [0.29, 0.717) is 27.5 Å². The summed E-state index contributed by atoms with van der Waals surface area (Å²) < 4.78 is 48.9. The lowest BCUT2D eigenvalue weighted by Crippen LogP contribution is -2.34. The van der Waals surface area contributed by atoms with Gasteiger partial charge in [0.15, 0.2) is 0 Å². The van der Waals surface area contributed by atoms with Crippen molar-refractivity contribution in [1.29, 1.82) is 0 Å². The van der Waals surface area contributed by atoms with E-state index in [0.717, 1.165) is 6.08 Å². The smallest absolute Gasteiger partial charge is 0.429 e.